The number of aliphatic hydroxyl groups is 1. The van der Waals surface area contributed by atoms with Crippen LogP contribution in [-0.2, 0) is 6.18 Å². The Kier molecular flexibility index (Phi) is 5.90. The van der Waals surface area contributed by atoms with E-state index in [0.29, 0.717) is 11.3 Å². The van der Waals surface area contributed by atoms with Gasteiger partial charge in [0.15, 0.2) is 5.82 Å². The van der Waals surface area contributed by atoms with Crippen LogP contribution in [0.2, 0.25) is 5.02 Å². The van der Waals surface area contributed by atoms with E-state index >= 15 is 0 Å². The highest BCUT2D eigenvalue weighted by Crippen LogP contribution is 2.37. The smallest absolute Gasteiger partial charge is 0.416 e. The van der Waals surface area contributed by atoms with E-state index in [0.717, 1.165) is 12.1 Å². The van der Waals surface area contributed by atoms with Gasteiger partial charge in [-0.3, -0.25) is 4.98 Å². The number of hydrogen-bond donors (Lipinski definition) is 2. The van der Waals surface area contributed by atoms with E-state index in [1.807, 2.05) is 0 Å². The molecule has 0 saturated carbocycles. The average molecular weight is 426 g/mol. The van der Waals surface area contributed by atoms with Gasteiger partial charge in [0, 0.05) is 5.56 Å². The molecule has 0 saturated heterocycles. The van der Waals surface area contributed by atoms with Crippen LogP contribution in [0.3, 0.4) is 0 Å². The van der Waals surface area contributed by atoms with Crippen molar-refractivity contribution in [2.24, 2.45) is 0 Å². The number of ether oxygens (including phenoxy) is 1. The van der Waals surface area contributed by atoms with Gasteiger partial charge < -0.3 is 9.84 Å². The number of hydrogen-bond acceptors (Lipinski definition) is 5. The molecule has 0 spiro atoms. The minimum atomic E-state index is -4.48. The van der Waals surface area contributed by atoms with Crippen LogP contribution in [0, 0.1) is 6.92 Å². The number of halogens is 4. The van der Waals surface area contributed by atoms with E-state index < -0.39 is 17.4 Å². The first-order valence-electron chi connectivity index (χ1n) is 8.40. The van der Waals surface area contributed by atoms with Crippen molar-refractivity contribution < 1.29 is 23.0 Å². The summed E-state index contributed by atoms with van der Waals surface area (Å²) in [5.41, 5.74) is -0.378. The quantitative estimate of drug-likeness (QED) is 0.648. The molecule has 10 heteroatoms. The number of rotatable bonds is 5. The van der Waals surface area contributed by atoms with E-state index in [1.54, 1.807) is 19.1 Å². The zero-order valence-corrected chi connectivity index (χ0v) is 15.8. The maximum atomic E-state index is 12.8. The number of nitrogens with one attached hydrogen (secondary N) is 1. The van der Waals surface area contributed by atoms with Crippen molar-refractivity contribution in [2.45, 2.75) is 13.1 Å². The maximum absolute atomic E-state index is 12.8. The molecule has 29 heavy (non-hydrogen) atoms. The van der Waals surface area contributed by atoms with Gasteiger partial charge >= 0.3 is 11.9 Å². The molecule has 6 nitrogen and oxygen atoms in total. The summed E-state index contributed by atoms with van der Waals surface area (Å²) in [6, 6.07) is 7.43. The lowest BCUT2D eigenvalue weighted by Crippen LogP contribution is -2.15. The summed E-state index contributed by atoms with van der Waals surface area (Å²) in [7, 11) is 0. The molecule has 0 atom stereocenters. The summed E-state index contributed by atoms with van der Waals surface area (Å²) in [5.74, 6) is 0.295. The van der Waals surface area contributed by atoms with Gasteiger partial charge in [-0.15, -0.1) is 0 Å². The first-order valence-corrected chi connectivity index (χ1v) is 8.77. The van der Waals surface area contributed by atoms with Crippen molar-refractivity contribution in [2.75, 3.05) is 13.2 Å². The van der Waals surface area contributed by atoms with Crippen LogP contribution in [0.5, 0.6) is 5.75 Å². The summed E-state index contributed by atoms with van der Waals surface area (Å²) in [4.78, 5) is 22.6. The molecule has 0 amide bonds. The molecule has 0 radical (unpaired) electrons. The van der Waals surface area contributed by atoms with Crippen LogP contribution in [0.25, 0.3) is 22.8 Å². The third-order valence-corrected chi connectivity index (χ3v) is 4.31. The first-order chi connectivity index (χ1) is 13.7. The third-order valence-electron chi connectivity index (χ3n) is 4.00. The van der Waals surface area contributed by atoms with E-state index in [9.17, 15) is 18.0 Å². The predicted octanol–water partition coefficient (Wildman–Crippen LogP) is 3.85. The van der Waals surface area contributed by atoms with Gasteiger partial charge in [-0.25, -0.2) is 9.78 Å². The number of aryl methyl sites for hydroxylation is 1. The maximum Gasteiger partial charge on any atom is 0.416 e. The van der Waals surface area contributed by atoms with Gasteiger partial charge in [0.05, 0.1) is 22.8 Å². The minimum Gasteiger partial charge on any atom is -0.490 e. The molecule has 0 aliphatic carbocycles. The fourth-order valence-electron chi connectivity index (χ4n) is 2.66. The molecule has 0 fully saturated rings. The Morgan fingerprint density at radius 1 is 1.14 bits per heavy atom. The largest absolute Gasteiger partial charge is 0.490 e. The standard InChI is InChI=1S/C19H15ClF3N3O3/c1-10-2-7-13(20)14(15(10)29-9-8-27)17-24-16(25-18(28)26-17)11-3-5-12(6-4-11)19(21,22)23/h2-7,27H,8-9H2,1H3,(H,24,25,26,28). The van der Waals surface area contributed by atoms with Crippen molar-refractivity contribution >= 4 is 11.6 Å². The Hall–Kier alpha value is -2.91. The summed E-state index contributed by atoms with van der Waals surface area (Å²) < 4.78 is 43.9. The van der Waals surface area contributed by atoms with E-state index in [1.165, 1.54) is 12.1 Å². The SMILES string of the molecule is Cc1ccc(Cl)c(-c2nc(-c3ccc(C(F)(F)F)cc3)nc(=O)[nH]2)c1OCCO. The Morgan fingerprint density at radius 2 is 1.83 bits per heavy atom. The van der Waals surface area contributed by atoms with Gasteiger partial charge in [0.25, 0.3) is 0 Å². The fraction of sp³-hybridized carbons (Fsp3) is 0.211. The minimum absolute atomic E-state index is 0.00470. The predicted molar refractivity (Wildman–Crippen MR) is 101 cm³/mol. The topological polar surface area (TPSA) is 88.1 Å². The van der Waals surface area contributed by atoms with Crippen LogP contribution in [-0.4, -0.2) is 33.3 Å². The molecule has 3 aromatic rings. The van der Waals surface area contributed by atoms with Crippen molar-refractivity contribution in [1.29, 1.82) is 0 Å². The Bertz CT molecular complexity index is 1080. The van der Waals surface area contributed by atoms with Gasteiger partial charge in [-0.05, 0) is 30.7 Å². The molecule has 2 N–H and O–H groups in total. The second kappa shape index (κ2) is 8.22. The van der Waals surface area contributed by atoms with Crippen LogP contribution >= 0.6 is 11.6 Å². The van der Waals surface area contributed by atoms with Crippen LogP contribution in [0.1, 0.15) is 11.1 Å². The normalized spacial score (nSPS) is 11.5. The van der Waals surface area contributed by atoms with Gasteiger partial charge in [0.1, 0.15) is 18.2 Å². The van der Waals surface area contributed by atoms with Crippen molar-refractivity contribution in [3.8, 4) is 28.5 Å². The molecule has 3 rings (SSSR count). The molecule has 152 valence electrons. The van der Waals surface area contributed by atoms with Crippen molar-refractivity contribution in [3.63, 3.8) is 0 Å². The van der Waals surface area contributed by atoms with Crippen LogP contribution < -0.4 is 10.4 Å². The number of benzene rings is 2. The Morgan fingerprint density at radius 3 is 2.45 bits per heavy atom. The lowest BCUT2D eigenvalue weighted by molar-refractivity contribution is -0.137. The number of nitrogens with zero attached hydrogens (tertiary/aromatic N) is 2. The molecular formula is C19H15ClF3N3O3. The summed E-state index contributed by atoms with van der Waals surface area (Å²) in [5, 5.41) is 9.28. The zero-order valence-electron chi connectivity index (χ0n) is 15.0. The molecular weight excluding hydrogens is 411 g/mol. The second-order valence-corrected chi connectivity index (χ2v) is 6.45. The molecule has 0 aliphatic rings. The van der Waals surface area contributed by atoms with Gasteiger partial charge in [-0.2, -0.15) is 18.2 Å². The first kappa shape index (κ1) is 20.8. The molecule has 0 aliphatic heterocycles. The molecule has 2 aromatic carbocycles. The summed E-state index contributed by atoms with van der Waals surface area (Å²) in [6.07, 6.45) is -4.48. The van der Waals surface area contributed by atoms with Crippen LogP contribution in [0.4, 0.5) is 13.2 Å². The highest BCUT2D eigenvalue weighted by molar-refractivity contribution is 6.33. The third kappa shape index (κ3) is 4.57. The van der Waals surface area contributed by atoms with Gasteiger partial charge in [-0.1, -0.05) is 29.8 Å². The van der Waals surface area contributed by atoms with Gasteiger partial charge in [0.2, 0.25) is 0 Å². The van der Waals surface area contributed by atoms with E-state index in [4.69, 9.17) is 21.4 Å². The van der Waals surface area contributed by atoms with Crippen molar-refractivity contribution in [1.82, 2.24) is 15.0 Å². The van der Waals surface area contributed by atoms with E-state index in [-0.39, 0.29) is 41.0 Å². The summed E-state index contributed by atoms with van der Waals surface area (Å²) >= 11 is 6.29. The molecule has 0 bridgehead atoms. The molecule has 1 aromatic heterocycles. The lowest BCUT2D eigenvalue weighted by Gasteiger charge is -2.15. The number of alkyl halides is 3. The summed E-state index contributed by atoms with van der Waals surface area (Å²) in [6.45, 7) is 1.51. The van der Waals surface area contributed by atoms with Crippen LogP contribution in [0.15, 0.2) is 41.2 Å². The average Bonchev–Trinajstić information content (AvgIpc) is 2.67. The number of aromatic amines is 1. The monoisotopic (exact) mass is 425 g/mol. The second-order valence-electron chi connectivity index (χ2n) is 6.04. The number of aliphatic hydroxyl groups excluding tert-OH is 1. The molecule has 1 heterocycles. The highest BCUT2D eigenvalue weighted by atomic mass is 35.5. The lowest BCUT2D eigenvalue weighted by atomic mass is 10.1. The molecule has 0 unspecified atom stereocenters. The van der Waals surface area contributed by atoms with Crippen molar-refractivity contribution in [3.05, 3.63) is 63.0 Å². The van der Waals surface area contributed by atoms with E-state index in [2.05, 4.69) is 15.0 Å². The Labute approximate surface area is 168 Å². The highest BCUT2D eigenvalue weighted by Gasteiger charge is 2.30. The Balaban J connectivity index is 2.12. The number of aromatic nitrogens is 3. The fourth-order valence-corrected chi connectivity index (χ4v) is 2.90. The number of H-pyrrole nitrogens is 1. The zero-order chi connectivity index (χ0) is 21.2.